The standard InChI is InChI=1S/C22H28O3S2.C21H26O2S2.C16H24O2S4.CH4/c23-21(24)14-8-7-13-20(27-17-18-9-3-1-4-10-18)15-16-26-22(25)19-11-5-2-6-12-19;22-21(23)14-8-7-13-20(25-19-11-5-2-6-12-19)15-16-24-17-18-9-3-1-4-10-18;1-2-19-20-13-12-15(10-6-7-11-16(17)18)22-21-14-8-4-3-5-9-14;/h1-6,9-12,20,22,25H,7-8,13-17H2,(H,23,24);1-6,9-12,20H,7-8,13-17H2,(H,22,23);3-5,8-9,15H,2,6-7,10-13H2,1H3,(H,17,18);1H4. The Hall–Kier alpha value is -2.73. The number of carboxylic acids is 3. The van der Waals surface area contributed by atoms with Crippen LogP contribution in [0.5, 0.6) is 0 Å². The Kier molecular flexibility index (Phi) is 42.1. The Labute approximate surface area is 483 Å². The number of aliphatic carboxylic acids is 3. The summed E-state index contributed by atoms with van der Waals surface area (Å²) in [6.07, 6.45) is 12.6. The van der Waals surface area contributed by atoms with E-state index in [4.69, 9.17) is 15.3 Å². The van der Waals surface area contributed by atoms with Crippen LogP contribution in [0.3, 0.4) is 0 Å². The van der Waals surface area contributed by atoms with Gasteiger partial charge in [-0.3, -0.25) is 14.4 Å². The van der Waals surface area contributed by atoms with Gasteiger partial charge in [-0.15, -0.1) is 23.5 Å². The van der Waals surface area contributed by atoms with E-state index in [0.717, 1.165) is 105 Å². The molecule has 15 heteroatoms. The topological polar surface area (TPSA) is 132 Å². The van der Waals surface area contributed by atoms with E-state index in [-0.39, 0.29) is 20.3 Å². The Morgan fingerprint density at radius 2 is 0.893 bits per heavy atom. The van der Waals surface area contributed by atoms with Gasteiger partial charge in [0.15, 0.2) is 0 Å². The third kappa shape index (κ3) is 37.7. The first-order valence-electron chi connectivity index (χ1n) is 25.7. The monoisotopic (exact) mass is 1170 g/mol. The molecule has 0 aliphatic carbocycles. The zero-order chi connectivity index (χ0) is 53.1. The number of hydrogen-bond donors (Lipinski definition) is 4. The molecule has 0 amide bonds. The highest BCUT2D eigenvalue weighted by molar-refractivity contribution is 8.77. The summed E-state index contributed by atoms with van der Waals surface area (Å²) in [5.74, 6) is 4.29. The quantitative estimate of drug-likeness (QED) is 0.0129. The van der Waals surface area contributed by atoms with Crippen molar-refractivity contribution in [3.63, 3.8) is 0 Å². The van der Waals surface area contributed by atoms with Gasteiger partial charge < -0.3 is 20.4 Å². The molecule has 5 rings (SSSR count). The first-order chi connectivity index (χ1) is 36.1. The number of hydrogen-bond acceptors (Lipinski definition) is 12. The lowest BCUT2D eigenvalue weighted by Crippen LogP contribution is -2.07. The third-order valence-corrected chi connectivity index (χ3v) is 21.5. The maximum absolute atomic E-state index is 10.7. The third-order valence-electron chi connectivity index (χ3n) is 11.1. The number of carbonyl (C=O) groups is 3. The minimum atomic E-state index is -0.718. The van der Waals surface area contributed by atoms with Crippen molar-refractivity contribution < 1.29 is 34.8 Å². The van der Waals surface area contributed by atoms with Gasteiger partial charge >= 0.3 is 17.9 Å². The number of benzene rings is 5. The molecule has 0 saturated carbocycles. The van der Waals surface area contributed by atoms with E-state index >= 15 is 0 Å². The van der Waals surface area contributed by atoms with Crippen molar-refractivity contribution in [2.24, 2.45) is 0 Å². The Morgan fingerprint density at radius 1 is 0.453 bits per heavy atom. The van der Waals surface area contributed by atoms with Gasteiger partial charge in [0.25, 0.3) is 0 Å². The highest BCUT2D eigenvalue weighted by Crippen LogP contribution is 2.39. The van der Waals surface area contributed by atoms with E-state index in [1.807, 2.05) is 127 Å². The van der Waals surface area contributed by atoms with Crippen molar-refractivity contribution in [2.45, 2.75) is 153 Å². The number of aliphatic hydroxyl groups is 1. The predicted octanol–water partition coefficient (Wildman–Crippen LogP) is 18.7. The minimum absolute atomic E-state index is 0. The van der Waals surface area contributed by atoms with Crippen molar-refractivity contribution in [1.82, 2.24) is 0 Å². The van der Waals surface area contributed by atoms with E-state index in [1.54, 1.807) is 11.8 Å². The van der Waals surface area contributed by atoms with Gasteiger partial charge in [-0.25, -0.2) is 0 Å². The lowest BCUT2D eigenvalue weighted by molar-refractivity contribution is -0.138. The van der Waals surface area contributed by atoms with E-state index in [9.17, 15) is 19.5 Å². The fourth-order valence-electron chi connectivity index (χ4n) is 7.16. The van der Waals surface area contributed by atoms with Crippen molar-refractivity contribution >= 4 is 108 Å². The second-order valence-electron chi connectivity index (χ2n) is 17.3. The molecule has 0 aliphatic heterocycles. The van der Waals surface area contributed by atoms with Crippen molar-refractivity contribution in [3.8, 4) is 0 Å². The highest BCUT2D eigenvalue weighted by Gasteiger charge is 2.15. The molecular formula is C60H82O7S8. The zero-order valence-corrected chi connectivity index (χ0v) is 49.4. The summed E-state index contributed by atoms with van der Waals surface area (Å²) in [5.41, 5.74) is 3.15. The Morgan fingerprint density at radius 3 is 1.41 bits per heavy atom. The lowest BCUT2D eigenvalue weighted by Gasteiger charge is -2.18. The summed E-state index contributed by atoms with van der Waals surface area (Å²) in [5, 5.41) is 38.3. The maximum Gasteiger partial charge on any atom is 0.303 e. The van der Waals surface area contributed by atoms with Crippen LogP contribution >= 0.6 is 90.2 Å². The number of thioether (sulfide) groups is 4. The SMILES string of the molecule is C.CCSSCCC(CCCCC(=O)O)SSc1ccccc1.O=C(O)CCCCC(CCSC(O)c1ccccc1)SCc1ccccc1.O=C(O)CCCCC(CCSCc1ccccc1)Sc1ccccc1. The fraction of sp³-hybridized carbons (Fsp3) is 0.450. The lowest BCUT2D eigenvalue weighted by atomic mass is 10.1. The van der Waals surface area contributed by atoms with Gasteiger partial charge in [0.05, 0.1) is 0 Å². The smallest absolute Gasteiger partial charge is 0.303 e. The Bertz CT molecular complexity index is 2130. The molecule has 0 bridgehead atoms. The molecule has 7 nitrogen and oxygen atoms in total. The molecule has 0 heterocycles. The van der Waals surface area contributed by atoms with E-state index in [2.05, 4.69) is 110 Å². The molecule has 0 fully saturated rings. The van der Waals surface area contributed by atoms with Crippen molar-refractivity contribution in [3.05, 3.63) is 168 Å². The number of unbranched alkanes of at least 4 members (excludes halogenated alkanes) is 3. The summed E-state index contributed by atoms with van der Waals surface area (Å²) < 4.78 is 0. The van der Waals surface area contributed by atoms with Crippen LogP contribution < -0.4 is 0 Å². The van der Waals surface area contributed by atoms with Gasteiger partial charge in [-0.2, -0.15) is 23.5 Å². The molecule has 5 aromatic carbocycles. The Balaban J connectivity index is 0.000000385. The van der Waals surface area contributed by atoms with Crippen LogP contribution in [0.2, 0.25) is 0 Å². The first kappa shape index (κ1) is 68.4. The molecule has 5 aromatic rings. The highest BCUT2D eigenvalue weighted by atomic mass is 33.1. The normalized spacial score (nSPS) is 12.3. The van der Waals surface area contributed by atoms with Gasteiger partial charge in [0.1, 0.15) is 5.44 Å². The molecule has 0 radical (unpaired) electrons. The van der Waals surface area contributed by atoms with E-state index in [1.165, 1.54) is 33.1 Å². The summed E-state index contributed by atoms with van der Waals surface area (Å²) >= 11 is 7.43. The molecule has 75 heavy (non-hydrogen) atoms. The molecule has 0 aliphatic rings. The van der Waals surface area contributed by atoms with Crippen LogP contribution in [-0.4, -0.2) is 77.1 Å². The van der Waals surface area contributed by atoms with Gasteiger partial charge in [-0.05, 0) is 110 Å². The van der Waals surface area contributed by atoms with E-state index in [0.29, 0.717) is 22.2 Å². The van der Waals surface area contributed by atoms with Crippen LogP contribution in [-0.2, 0) is 25.9 Å². The largest absolute Gasteiger partial charge is 0.481 e. The molecule has 4 atom stereocenters. The molecule has 4 unspecified atom stereocenters. The van der Waals surface area contributed by atoms with Crippen LogP contribution in [0.25, 0.3) is 0 Å². The minimum Gasteiger partial charge on any atom is -0.481 e. The van der Waals surface area contributed by atoms with Crippen LogP contribution in [0.4, 0.5) is 0 Å². The predicted molar refractivity (Wildman–Crippen MR) is 337 cm³/mol. The van der Waals surface area contributed by atoms with Crippen LogP contribution in [0.1, 0.15) is 133 Å². The average Bonchev–Trinajstić information content (AvgIpc) is 3.42. The summed E-state index contributed by atoms with van der Waals surface area (Å²) in [4.78, 5) is 34.6. The molecule has 412 valence electrons. The van der Waals surface area contributed by atoms with Gasteiger partial charge in [0.2, 0.25) is 0 Å². The first-order valence-corrected chi connectivity index (χ1v) is 34.6. The molecule has 0 aromatic heterocycles. The summed E-state index contributed by atoms with van der Waals surface area (Å²) in [7, 11) is 7.65. The number of rotatable bonds is 38. The van der Waals surface area contributed by atoms with Gasteiger partial charge in [0, 0.05) is 67.8 Å². The molecule has 0 saturated heterocycles. The fourth-order valence-corrected chi connectivity index (χ4v) is 16.5. The summed E-state index contributed by atoms with van der Waals surface area (Å²) in [6.45, 7) is 2.18. The zero-order valence-electron chi connectivity index (χ0n) is 42.9. The summed E-state index contributed by atoms with van der Waals surface area (Å²) in [6, 6.07) is 51.7. The van der Waals surface area contributed by atoms with E-state index < -0.39 is 23.3 Å². The number of carboxylic acid groups (broad SMARTS) is 3. The number of aliphatic hydroxyl groups excluding tert-OH is 1. The second-order valence-corrected chi connectivity index (χ2v) is 27.7. The molecule has 4 N–H and O–H groups in total. The molecular weight excluding hydrogens is 1090 g/mol. The maximum atomic E-state index is 10.7. The van der Waals surface area contributed by atoms with Gasteiger partial charge in [-0.1, -0.05) is 204 Å². The van der Waals surface area contributed by atoms with Crippen LogP contribution in [0, 0.1) is 0 Å². The van der Waals surface area contributed by atoms with Crippen molar-refractivity contribution in [1.29, 1.82) is 0 Å². The second kappa shape index (κ2) is 46.2. The average molecular weight is 1170 g/mol. The molecule has 0 spiro atoms. The van der Waals surface area contributed by atoms with Crippen molar-refractivity contribution in [2.75, 3.05) is 23.0 Å². The van der Waals surface area contributed by atoms with Crippen LogP contribution in [0.15, 0.2) is 161 Å².